The summed E-state index contributed by atoms with van der Waals surface area (Å²) in [5.41, 5.74) is 3.32. The fourth-order valence-corrected chi connectivity index (χ4v) is 3.57. The molecule has 4 rings (SSSR count). The molecule has 7 nitrogen and oxygen atoms in total. The molecule has 0 atom stereocenters. The lowest BCUT2D eigenvalue weighted by molar-refractivity contribution is -0.111. The Morgan fingerprint density at radius 3 is 2.67 bits per heavy atom. The largest absolute Gasteiger partial charge is 0.487 e. The summed E-state index contributed by atoms with van der Waals surface area (Å²) in [4.78, 5) is 24.9. The van der Waals surface area contributed by atoms with Gasteiger partial charge >= 0.3 is 6.01 Å². The van der Waals surface area contributed by atoms with Gasteiger partial charge in [0.25, 0.3) is 0 Å². The van der Waals surface area contributed by atoms with Gasteiger partial charge in [-0.3, -0.25) is 4.79 Å². The third kappa shape index (κ3) is 6.47. The Bertz CT molecular complexity index is 1270. The van der Waals surface area contributed by atoms with E-state index in [9.17, 15) is 4.79 Å². The molecule has 2 heterocycles. The average Bonchev–Trinajstić information content (AvgIpc) is 3.24. The van der Waals surface area contributed by atoms with Gasteiger partial charge in [-0.15, -0.1) is 11.3 Å². The van der Waals surface area contributed by atoms with E-state index >= 15 is 0 Å². The minimum absolute atomic E-state index is 0.234. The Balaban J connectivity index is 1.34. The molecule has 0 unspecified atom stereocenters. The lowest BCUT2D eigenvalue weighted by Gasteiger charge is -2.09. The molecule has 0 spiro atoms. The van der Waals surface area contributed by atoms with Crippen LogP contribution in [0.1, 0.15) is 21.8 Å². The first-order valence-electron chi connectivity index (χ1n) is 10.2. The van der Waals surface area contributed by atoms with E-state index in [1.54, 1.807) is 48.0 Å². The van der Waals surface area contributed by atoms with E-state index < -0.39 is 0 Å². The summed E-state index contributed by atoms with van der Waals surface area (Å²) in [6.45, 7) is 4.27. The Morgan fingerprint density at radius 1 is 1.06 bits per heavy atom. The molecular weight excluding hydrogens is 436 g/mol. The maximum absolute atomic E-state index is 12.4. The van der Waals surface area contributed by atoms with Crippen molar-refractivity contribution in [2.75, 3.05) is 5.32 Å². The van der Waals surface area contributed by atoms with Gasteiger partial charge < -0.3 is 14.8 Å². The first-order chi connectivity index (χ1) is 16.0. The zero-order chi connectivity index (χ0) is 23.0. The van der Waals surface area contributed by atoms with Crippen LogP contribution >= 0.6 is 11.3 Å². The SMILES string of the molecule is Cc1nc(COc2cccc(/C=C/C(=O)Nc3ccc(Oc4ncccn4)cc3C)c2)cs1. The summed E-state index contributed by atoms with van der Waals surface area (Å²) in [7, 11) is 0. The normalized spacial score (nSPS) is 10.8. The summed E-state index contributed by atoms with van der Waals surface area (Å²) in [6, 6.07) is 14.9. The van der Waals surface area contributed by atoms with Crippen molar-refractivity contribution in [1.29, 1.82) is 0 Å². The zero-order valence-electron chi connectivity index (χ0n) is 18.2. The third-order valence-electron chi connectivity index (χ3n) is 4.55. The smallest absolute Gasteiger partial charge is 0.321 e. The van der Waals surface area contributed by atoms with E-state index in [0.717, 1.165) is 27.6 Å². The summed E-state index contributed by atoms with van der Waals surface area (Å²) in [6.07, 6.45) is 6.46. The Hall–Kier alpha value is -4.04. The molecule has 1 amide bonds. The van der Waals surface area contributed by atoms with Crippen LogP contribution < -0.4 is 14.8 Å². The highest BCUT2D eigenvalue weighted by Crippen LogP contribution is 2.24. The number of amides is 1. The van der Waals surface area contributed by atoms with Crippen molar-refractivity contribution in [2.45, 2.75) is 20.5 Å². The molecular formula is C25H22N4O3S. The van der Waals surface area contributed by atoms with Crippen molar-refractivity contribution in [1.82, 2.24) is 15.0 Å². The van der Waals surface area contributed by atoms with Crippen LogP contribution in [-0.2, 0) is 11.4 Å². The van der Waals surface area contributed by atoms with E-state index in [-0.39, 0.29) is 11.9 Å². The van der Waals surface area contributed by atoms with Crippen LogP contribution in [0.2, 0.25) is 0 Å². The molecule has 2 aromatic carbocycles. The average molecular weight is 459 g/mol. The van der Waals surface area contributed by atoms with E-state index in [2.05, 4.69) is 20.3 Å². The van der Waals surface area contributed by atoms with Crippen molar-refractivity contribution < 1.29 is 14.3 Å². The summed E-state index contributed by atoms with van der Waals surface area (Å²) in [5, 5.41) is 5.88. The van der Waals surface area contributed by atoms with Crippen molar-refractivity contribution in [3.63, 3.8) is 0 Å². The molecule has 0 radical (unpaired) electrons. The van der Waals surface area contributed by atoms with Crippen LogP contribution in [-0.4, -0.2) is 20.9 Å². The quantitative estimate of drug-likeness (QED) is 0.347. The highest BCUT2D eigenvalue weighted by molar-refractivity contribution is 7.09. The Labute approximate surface area is 195 Å². The van der Waals surface area contributed by atoms with Crippen molar-refractivity contribution in [3.8, 4) is 17.5 Å². The molecule has 33 heavy (non-hydrogen) atoms. The molecule has 1 N–H and O–H groups in total. The number of hydrogen-bond acceptors (Lipinski definition) is 7. The second kappa shape index (κ2) is 10.5. The second-order valence-corrected chi connectivity index (χ2v) is 8.21. The number of thiazole rings is 1. The number of aromatic nitrogens is 3. The number of carbonyl (C=O) groups is 1. The van der Waals surface area contributed by atoms with E-state index in [1.807, 2.05) is 49.6 Å². The lowest BCUT2D eigenvalue weighted by Crippen LogP contribution is -2.09. The first-order valence-corrected chi connectivity index (χ1v) is 11.1. The lowest BCUT2D eigenvalue weighted by atomic mass is 10.1. The summed E-state index contributed by atoms with van der Waals surface area (Å²) in [5.74, 6) is 1.08. The van der Waals surface area contributed by atoms with Gasteiger partial charge in [0.2, 0.25) is 5.91 Å². The third-order valence-corrected chi connectivity index (χ3v) is 5.37. The number of rotatable bonds is 8. The van der Waals surface area contributed by atoms with Crippen LogP contribution in [0.3, 0.4) is 0 Å². The predicted molar refractivity (Wildman–Crippen MR) is 129 cm³/mol. The Morgan fingerprint density at radius 2 is 1.91 bits per heavy atom. The maximum atomic E-state index is 12.4. The van der Waals surface area contributed by atoms with Crippen molar-refractivity contribution in [3.05, 3.63) is 94.2 Å². The van der Waals surface area contributed by atoms with Gasteiger partial charge in [0.15, 0.2) is 0 Å². The number of anilines is 1. The number of ether oxygens (including phenoxy) is 2. The fourth-order valence-electron chi connectivity index (χ4n) is 2.97. The minimum Gasteiger partial charge on any atom is -0.487 e. The zero-order valence-corrected chi connectivity index (χ0v) is 19.0. The number of nitrogens with zero attached hydrogens (tertiary/aromatic N) is 3. The highest BCUT2D eigenvalue weighted by Gasteiger charge is 2.06. The topological polar surface area (TPSA) is 86.2 Å². The number of aryl methyl sites for hydroxylation is 2. The van der Waals surface area contributed by atoms with Crippen LogP contribution in [0.25, 0.3) is 6.08 Å². The van der Waals surface area contributed by atoms with Crippen LogP contribution in [0.5, 0.6) is 17.5 Å². The van der Waals surface area contributed by atoms with Gasteiger partial charge in [-0.25, -0.2) is 15.0 Å². The molecule has 8 heteroatoms. The van der Waals surface area contributed by atoms with Gasteiger partial charge in [-0.1, -0.05) is 12.1 Å². The summed E-state index contributed by atoms with van der Waals surface area (Å²) < 4.78 is 11.4. The fraction of sp³-hybridized carbons (Fsp3) is 0.120. The van der Waals surface area contributed by atoms with Crippen LogP contribution in [0.15, 0.2) is 72.4 Å². The van der Waals surface area contributed by atoms with Gasteiger partial charge in [0.1, 0.15) is 18.1 Å². The predicted octanol–water partition coefficient (Wildman–Crippen LogP) is 5.57. The van der Waals surface area contributed by atoms with Crippen LogP contribution in [0.4, 0.5) is 5.69 Å². The molecule has 0 fully saturated rings. The van der Waals surface area contributed by atoms with Gasteiger partial charge in [-0.05, 0) is 67.4 Å². The van der Waals surface area contributed by atoms with E-state index in [4.69, 9.17) is 9.47 Å². The molecule has 0 aliphatic rings. The van der Waals surface area contributed by atoms with Crippen LogP contribution in [0, 0.1) is 13.8 Å². The van der Waals surface area contributed by atoms with E-state index in [1.165, 1.54) is 6.08 Å². The van der Waals surface area contributed by atoms with Crippen molar-refractivity contribution in [2.24, 2.45) is 0 Å². The summed E-state index contributed by atoms with van der Waals surface area (Å²) >= 11 is 1.60. The van der Waals surface area contributed by atoms with Gasteiger partial charge in [-0.2, -0.15) is 0 Å². The number of carbonyl (C=O) groups excluding carboxylic acids is 1. The standard InChI is InChI=1S/C25H22N4O3S/c1-17-13-22(32-25-26-11-4-12-27-25)8-9-23(17)29-24(30)10-7-19-5-3-6-21(14-19)31-15-20-16-33-18(2)28-20/h3-14,16H,15H2,1-2H3,(H,29,30)/b10-7+. The minimum atomic E-state index is -0.234. The molecule has 166 valence electrons. The van der Waals surface area contributed by atoms with Gasteiger partial charge in [0.05, 0.1) is 10.7 Å². The number of hydrogen-bond donors (Lipinski definition) is 1. The molecule has 4 aromatic rings. The number of benzene rings is 2. The highest BCUT2D eigenvalue weighted by atomic mass is 32.1. The molecule has 0 bridgehead atoms. The molecule has 0 saturated carbocycles. The molecule has 2 aromatic heterocycles. The molecule has 0 saturated heterocycles. The van der Waals surface area contributed by atoms with Gasteiger partial charge in [0, 0.05) is 29.5 Å². The molecule has 0 aliphatic heterocycles. The monoisotopic (exact) mass is 458 g/mol. The van der Waals surface area contributed by atoms with E-state index in [0.29, 0.717) is 18.0 Å². The second-order valence-electron chi connectivity index (χ2n) is 7.15. The number of nitrogens with one attached hydrogen (secondary N) is 1. The maximum Gasteiger partial charge on any atom is 0.321 e. The Kier molecular flexibility index (Phi) is 7.06. The first kappa shape index (κ1) is 22.2. The van der Waals surface area contributed by atoms with Crippen molar-refractivity contribution >= 4 is 29.0 Å². The molecule has 0 aliphatic carbocycles.